The Labute approximate surface area is 195 Å². The number of ether oxygens (including phenoxy) is 1. The number of hydrogen-bond donors (Lipinski definition) is 2. The van der Waals surface area contributed by atoms with Crippen molar-refractivity contribution >= 4 is 27.4 Å². The Morgan fingerprint density at radius 2 is 1.94 bits per heavy atom. The number of carbonyl (C=O) groups excluding carboxylic acids is 1. The van der Waals surface area contributed by atoms with Crippen molar-refractivity contribution in [2.24, 2.45) is 0 Å². The highest BCUT2D eigenvalue weighted by molar-refractivity contribution is 7.89. The molecule has 0 aliphatic carbocycles. The zero-order valence-corrected chi connectivity index (χ0v) is 19.7. The number of sulfonamides is 1. The van der Waals surface area contributed by atoms with Crippen LogP contribution in [0.4, 0.5) is 0 Å². The molecule has 0 unspecified atom stereocenters. The fourth-order valence-corrected chi connectivity index (χ4v) is 5.62. The highest BCUT2D eigenvalue weighted by Crippen LogP contribution is 2.39. The summed E-state index contributed by atoms with van der Waals surface area (Å²) in [5, 5.41) is 6.16. The van der Waals surface area contributed by atoms with Gasteiger partial charge in [-0.2, -0.15) is 4.72 Å². The van der Waals surface area contributed by atoms with Crippen LogP contribution in [0.15, 0.2) is 44.4 Å². The van der Waals surface area contributed by atoms with Gasteiger partial charge in [-0.05, 0) is 42.7 Å². The van der Waals surface area contributed by atoms with Crippen LogP contribution in [0.3, 0.4) is 0 Å². The molecule has 33 heavy (non-hydrogen) atoms. The van der Waals surface area contributed by atoms with Crippen LogP contribution < -0.4 is 15.2 Å². The molecular formula is C22H22ClN3O6S. The molecule has 0 amide bonds. The van der Waals surface area contributed by atoms with E-state index in [2.05, 4.69) is 14.9 Å². The number of aromatic nitrogens is 2. The van der Waals surface area contributed by atoms with E-state index in [1.54, 1.807) is 6.92 Å². The van der Waals surface area contributed by atoms with Crippen molar-refractivity contribution in [1.82, 2.24) is 14.9 Å². The first kappa shape index (κ1) is 23.2. The Balaban J connectivity index is 1.80. The van der Waals surface area contributed by atoms with Gasteiger partial charge in [0.25, 0.3) is 0 Å². The first-order valence-corrected chi connectivity index (χ1v) is 12.1. The van der Waals surface area contributed by atoms with E-state index in [0.717, 1.165) is 16.7 Å². The Bertz CT molecular complexity index is 1400. The number of benzene rings is 2. The Kier molecular flexibility index (Phi) is 6.17. The second-order valence-electron chi connectivity index (χ2n) is 7.90. The molecule has 2 aromatic carbocycles. The lowest BCUT2D eigenvalue weighted by Crippen LogP contribution is -2.33. The van der Waals surface area contributed by atoms with Gasteiger partial charge in [-0.25, -0.2) is 18.3 Å². The molecule has 1 aliphatic rings. The predicted octanol–water partition coefficient (Wildman–Crippen LogP) is 3.42. The van der Waals surface area contributed by atoms with Gasteiger partial charge in [0, 0.05) is 12.3 Å². The topological polar surface area (TPSA) is 131 Å². The van der Waals surface area contributed by atoms with Gasteiger partial charge >= 0.3 is 5.76 Å². The Hall–Kier alpha value is -2.95. The van der Waals surface area contributed by atoms with Crippen LogP contribution in [0.25, 0.3) is 0 Å². The molecule has 9 nitrogen and oxygen atoms in total. The van der Waals surface area contributed by atoms with E-state index in [9.17, 15) is 18.0 Å². The average molecular weight is 492 g/mol. The second-order valence-corrected chi connectivity index (χ2v) is 9.99. The van der Waals surface area contributed by atoms with Crippen LogP contribution in [0.5, 0.6) is 5.75 Å². The standard InChI is InChI=1S/C22H22ClN3O6S/c1-11-5-4-6-14(12(11)2)13(3)19(21-24-25-22(28)32-21)26-33(29,30)17-8-7-15(23)18-16(27)9-10-31-20(17)18/h4-8,13,19,26H,9-10H2,1-3H3,(H,25,28)/t13-,19+/m1/s1. The predicted molar refractivity (Wildman–Crippen MR) is 120 cm³/mol. The lowest BCUT2D eigenvalue weighted by molar-refractivity contribution is 0.0931. The number of H-pyrrole nitrogens is 1. The first-order valence-electron chi connectivity index (χ1n) is 10.2. The number of nitrogens with one attached hydrogen (secondary N) is 2. The van der Waals surface area contributed by atoms with E-state index < -0.39 is 27.7 Å². The van der Waals surface area contributed by atoms with Gasteiger partial charge in [-0.1, -0.05) is 36.7 Å². The van der Waals surface area contributed by atoms with Crippen molar-refractivity contribution in [3.63, 3.8) is 0 Å². The molecule has 11 heteroatoms. The molecule has 2 atom stereocenters. The summed E-state index contributed by atoms with van der Waals surface area (Å²) in [4.78, 5) is 23.8. The Morgan fingerprint density at radius 3 is 2.64 bits per heavy atom. The number of halogens is 1. The maximum absolute atomic E-state index is 13.5. The molecule has 0 spiro atoms. The maximum atomic E-state index is 13.5. The molecule has 0 saturated heterocycles. The zero-order chi connectivity index (χ0) is 23.9. The lowest BCUT2D eigenvalue weighted by atomic mass is 9.88. The largest absolute Gasteiger partial charge is 0.491 e. The second kappa shape index (κ2) is 8.77. The minimum Gasteiger partial charge on any atom is -0.491 e. The number of rotatable bonds is 6. The van der Waals surface area contributed by atoms with Gasteiger partial charge in [0.05, 0.1) is 17.2 Å². The van der Waals surface area contributed by atoms with Crippen LogP contribution in [0.2, 0.25) is 5.02 Å². The summed E-state index contributed by atoms with van der Waals surface area (Å²) < 4.78 is 40.3. The number of Topliss-reactive ketones (excluding diaryl/α,β-unsaturated/α-hetero) is 1. The van der Waals surface area contributed by atoms with Crippen molar-refractivity contribution < 1.29 is 22.4 Å². The third-order valence-electron chi connectivity index (χ3n) is 5.85. The van der Waals surface area contributed by atoms with Crippen molar-refractivity contribution in [2.75, 3.05) is 6.61 Å². The average Bonchev–Trinajstić information content (AvgIpc) is 3.19. The monoisotopic (exact) mass is 491 g/mol. The van der Waals surface area contributed by atoms with Crippen molar-refractivity contribution in [3.05, 3.63) is 74.0 Å². The number of nitrogens with zero attached hydrogens (tertiary/aromatic N) is 1. The molecule has 0 bridgehead atoms. The highest BCUT2D eigenvalue weighted by atomic mass is 35.5. The number of aromatic amines is 1. The van der Waals surface area contributed by atoms with E-state index in [1.807, 2.05) is 32.0 Å². The van der Waals surface area contributed by atoms with E-state index in [-0.39, 0.29) is 45.9 Å². The molecular weight excluding hydrogens is 470 g/mol. The van der Waals surface area contributed by atoms with Crippen LogP contribution in [-0.2, 0) is 10.0 Å². The van der Waals surface area contributed by atoms with Gasteiger partial charge in [0.1, 0.15) is 10.9 Å². The van der Waals surface area contributed by atoms with Gasteiger partial charge < -0.3 is 9.15 Å². The van der Waals surface area contributed by atoms with Gasteiger partial charge in [0.2, 0.25) is 15.9 Å². The maximum Gasteiger partial charge on any atom is 0.434 e. The molecule has 0 saturated carbocycles. The van der Waals surface area contributed by atoms with Gasteiger partial charge in [-0.15, -0.1) is 5.10 Å². The quantitative estimate of drug-likeness (QED) is 0.540. The van der Waals surface area contributed by atoms with E-state index in [0.29, 0.717) is 0 Å². The minimum absolute atomic E-state index is 0.0382. The highest BCUT2D eigenvalue weighted by Gasteiger charge is 2.35. The molecule has 3 aromatic rings. The number of fused-ring (bicyclic) bond motifs is 1. The normalized spacial score (nSPS) is 15.6. The summed E-state index contributed by atoms with van der Waals surface area (Å²) in [6.07, 6.45) is 0.106. The van der Waals surface area contributed by atoms with Crippen LogP contribution in [0, 0.1) is 13.8 Å². The van der Waals surface area contributed by atoms with Crippen LogP contribution in [-0.4, -0.2) is 31.0 Å². The van der Waals surface area contributed by atoms with Gasteiger partial charge in [0.15, 0.2) is 11.5 Å². The van der Waals surface area contributed by atoms with Crippen molar-refractivity contribution in [1.29, 1.82) is 0 Å². The van der Waals surface area contributed by atoms with E-state index in [4.69, 9.17) is 20.8 Å². The van der Waals surface area contributed by atoms with E-state index in [1.165, 1.54) is 12.1 Å². The van der Waals surface area contributed by atoms with E-state index >= 15 is 0 Å². The summed E-state index contributed by atoms with van der Waals surface area (Å²) in [6.45, 7) is 5.74. The molecule has 2 N–H and O–H groups in total. The zero-order valence-electron chi connectivity index (χ0n) is 18.1. The number of hydrogen-bond acceptors (Lipinski definition) is 7. The molecule has 4 rings (SSSR count). The van der Waals surface area contributed by atoms with Crippen LogP contribution in [0.1, 0.15) is 58.2 Å². The minimum atomic E-state index is -4.26. The summed E-state index contributed by atoms with van der Waals surface area (Å²) >= 11 is 6.15. The number of carbonyl (C=O) groups is 1. The van der Waals surface area contributed by atoms with Crippen molar-refractivity contribution in [3.8, 4) is 5.75 Å². The summed E-state index contributed by atoms with van der Waals surface area (Å²) in [7, 11) is -4.26. The number of ketones is 1. The third-order valence-corrected chi connectivity index (χ3v) is 7.63. The lowest BCUT2D eigenvalue weighted by Gasteiger charge is -2.26. The molecule has 2 heterocycles. The molecule has 0 fully saturated rings. The summed E-state index contributed by atoms with van der Waals surface area (Å²) in [6, 6.07) is 7.30. The molecule has 1 aliphatic heterocycles. The fraction of sp³-hybridized carbons (Fsp3) is 0.318. The SMILES string of the molecule is Cc1cccc([C@@H](C)[C@H](NS(=O)(=O)c2ccc(Cl)c3c2OCCC3=O)c2n[nH]c(=O)o2)c1C. The fourth-order valence-electron chi connectivity index (χ4n) is 3.94. The van der Waals surface area contributed by atoms with Crippen molar-refractivity contribution in [2.45, 2.75) is 44.0 Å². The number of aryl methyl sites for hydroxylation is 1. The summed E-state index contributed by atoms with van der Waals surface area (Å²) in [5.41, 5.74) is 2.90. The Morgan fingerprint density at radius 1 is 1.18 bits per heavy atom. The van der Waals surface area contributed by atoms with Crippen LogP contribution >= 0.6 is 11.6 Å². The van der Waals surface area contributed by atoms with Gasteiger partial charge in [-0.3, -0.25) is 4.79 Å². The molecule has 1 aromatic heterocycles. The molecule has 174 valence electrons. The summed E-state index contributed by atoms with van der Waals surface area (Å²) in [5.74, 6) is -1.77. The first-order chi connectivity index (χ1) is 15.6. The molecule has 0 radical (unpaired) electrons. The third kappa shape index (κ3) is 4.33. The smallest absolute Gasteiger partial charge is 0.434 e.